The highest BCUT2D eigenvalue weighted by atomic mass is 16.6. The summed E-state index contributed by atoms with van der Waals surface area (Å²) < 4.78 is 0. The molecule has 1 atom stereocenters. The Morgan fingerprint density at radius 3 is 2.38 bits per heavy atom. The topological polar surface area (TPSA) is 127 Å². The van der Waals surface area contributed by atoms with Crippen LogP contribution in [0.15, 0.2) is 18.2 Å². The lowest BCUT2D eigenvalue weighted by Crippen LogP contribution is -2.35. The lowest BCUT2D eigenvalue weighted by molar-refractivity contribution is -0.393. The number of carbonyl (C=O) groups is 1. The molecule has 1 unspecified atom stereocenters. The van der Waals surface area contributed by atoms with E-state index in [0.717, 1.165) is 6.07 Å². The SMILES string of the molecule is CCN(c1ccc([N+](=O)[O-])cc1[N+](=O)[O-])C(C)CC(=O)O. The molecular formula is C12H15N3O6. The van der Waals surface area contributed by atoms with E-state index in [0.29, 0.717) is 6.54 Å². The Balaban J connectivity index is 3.28. The number of hydrogen-bond acceptors (Lipinski definition) is 6. The van der Waals surface area contributed by atoms with Crippen LogP contribution in [-0.2, 0) is 4.79 Å². The number of aliphatic carboxylic acids is 1. The summed E-state index contributed by atoms with van der Waals surface area (Å²) in [6.07, 6.45) is -0.192. The van der Waals surface area contributed by atoms with Gasteiger partial charge in [-0.3, -0.25) is 25.0 Å². The molecule has 1 rings (SSSR count). The third-order valence-electron chi connectivity index (χ3n) is 3.02. The molecule has 9 heteroatoms. The minimum atomic E-state index is -1.02. The predicted octanol–water partition coefficient (Wildman–Crippen LogP) is 2.19. The zero-order valence-corrected chi connectivity index (χ0v) is 11.6. The zero-order chi connectivity index (χ0) is 16.2. The van der Waals surface area contributed by atoms with Gasteiger partial charge in [0.1, 0.15) is 5.69 Å². The molecule has 0 aromatic heterocycles. The van der Waals surface area contributed by atoms with Crippen molar-refractivity contribution >= 4 is 23.0 Å². The van der Waals surface area contributed by atoms with Gasteiger partial charge in [-0.1, -0.05) is 0 Å². The molecule has 0 aliphatic carbocycles. The minimum absolute atomic E-state index is 0.168. The quantitative estimate of drug-likeness (QED) is 0.603. The number of anilines is 1. The van der Waals surface area contributed by atoms with E-state index in [1.807, 2.05) is 0 Å². The van der Waals surface area contributed by atoms with Crippen molar-refractivity contribution in [3.8, 4) is 0 Å². The smallest absolute Gasteiger partial charge is 0.305 e. The van der Waals surface area contributed by atoms with Gasteiger partial charge in [-0.05, 0) is 19.9 Å². The number of carboxylic acids is 1. The van der Waals surface area contributed by atoms with E-state index in [9.17, 15) is 25.0 Å². The third kappa shape index (κ3) is 3.88. The first-order chi connectivity index (χ1) is 9.77. The Hall–Kier alpha value is -2.71. The molecule has 0 saturated heterocycles. The number of hydrogen-bond donors (Lipinski definition) is 1. The fourth-order valence-corrected chi connectivity index (χ4v) is 2.10. The number of non-ortho nitro benzene ring substituents is 1. The number of benzene rings is 1. The standard InChI is InChI=1S/C12H15N3O6/c1-3-13(8(2)6-12(16)17)10-5-4-9(14(18)19)7-11(10)15(20)21/h4-5,7-8H,3,6H2,1-2H3,(H,16,17). The van der Waals surface area contributed by atoms with Crippen molar-refractivity contribution in [3.05, 3.63) is 38.4 Å². The van der Waals surface area contributed by atoms with E-state index < -0.39 is 27.5 Å². The van der Waals surface area contributed by atoms with E-state index in [-0.39, 0.29) is 17.8 Å². The van der Waals surface area contributed by atoms with Crippen LogP contribution in [0, 0.1) is 20.2 Å². The molecule has 0 amide bonds. The van der Waals surface area contributed by atoms with Gasteiger partial charge in [0.05, 0.1) is 22.3 Å². The van der Waals surface area contributed by atoms with Crippen LogP contribution >= 0.6 is 0 Å². The largest absolute Gasteiger partial charge is 0.481 e. The van der Waals surface area contributed by atoms with Crippen LogP contribution in [0.25, 0.3) is 0 Å². The summed E-state index contributed by atoms with van der Waals surface area (Å²) in [4.78, 5) is 32.7. The van der Waals surface area contributed by atoms with Crippen molar-refractivity contribution in [2.75, 3.05) is 11.4 Å². The molecule has 0 bridgehead atoms. The lowest BCUT2D eigenvalue weighted by atomic mass is 10.1. The summed E-state index contributed by atoms with van der Waals surface area (Å²) in [5.74, 6) is -1.02. The number of carboxylic acid groups (broad SMARTS) is 1. The molecule has 1 aromatic carbocycles. The second-order valence-corrected chi connectivity index (χ2v) is 4.42. The fraction of sp³-hybridized carbons (Fsp3) is 0.417. The van der Waals surface area contributed by atoms with Crippen molar-refractivity contribution in [2.24, 2.45) is 0 Å². The molecule has 0 aliphatic rings. The van der Waals surface area contributed by atoms with E-state index >= 15 is 0 Å². The van der Waals surface area contributed by atoms with Gasteiger partial charge in [-0.15, -0.1) is 0 Å². The Morgan fingerprint density at radius 1 is 1.33 bits per heavy atom. The first-order valence-corrected chi connectivity index (χ1v) is 6.19. The Morgan fingerprint density at radius 2 is 1.95 bits per heavy atom. The molecule has 0 fully saturated rings. The fourth-order valence-electron chi connectivity index (χ4n) is 2.10. The molecule has 0 heterocycles. The molecule has 1 aromatic rings. The predicted molar refractivity (Wildman–Crippen MR) is 74.5 cm³/mol. The van der Waals surface area contributed by atoms with Crippen LogP contribution < -0.4 is 4.90 Å². The van der Waals surface area contributed by atoms with Gasteiger partial charge in [0.2, 0.25) is 0 Å². The van der Waals surface area contributed by atoms with Crippen LogP contribution in [0.4, 0.5) is 17.1 Å². The van der Waals surface area contributed by atoms with Crippen LogP contribution in [0.3, 0.4) is 0 Å². The van der Waals surface area contributed by atoms with Gasteiger partial charge in [0.25, 0.3) is 11.4 Å². The van der Waals surface area contributed by atoms with Crippen LogP contribution in [-0.4, -0.2) is 33.5 Å². The second-order valence-electron chi connectivity index (χ2n) is 4.42. The number of nitro benzene ring substituents is 2. The zero-order valence-electron chi connectivity index (χ0n) is 11.6. The lowest BCUT2D eigenvalue weighted by Gasteiger charge is -2.28. The van der Waals surface area contributed by atoms with Crippen molar-refractivity contribution in [1.82, 2.24) is 0 Å². The van der Waals surface area contributed by atoms with Crippen LogP contribution in [0.2, 0.25) is 0 Å². The summed E-state index contributed by atoms with van der Waals surface area (Å²) in [6, 6.07) is 2.84. The van der Waals surface area contributed by atoms with Crippen molar-refractivity contribution in [1.29, 1.82) is 0 Å². The average Bonchev–Trinajstić information content (AvgIpc) is 2.38. The highest BCUT2D eigenvalue weighted by molar-refractivity contribution is 5.71. The van der Waals surface area contributed by atoms with Gasteiger partial charge in [-0.25, -0.2) is 0 Å². The molecule has 21 heavy (non-hydrogen) atoms. The summed E-state index contributed by atoms with van der Waals surface area (Å²) in [5, 5.41) is 30.6. The van der Waals surface area contributed by atoms with Gasteiger partial charge in [0, 0.05) is 18.7 Å². The normalized spacial score (nSPS) is 11.7. The van der Waals surface area contributed by atoms with Crippen molar-refractivity contribution in [3.63, 3.8) is 0 Å². The van der Waals surface area contributed by atoms with Crippen molar-refractivity contribution < 1.29 is 19.7 Å². The molecule has 9 nitrogen and oxygen atoms in total. The maximum atomic E-state index is 11.1. The maximum Gasteiger partial charge on any atom is 0.305 e. The first kappa shape index (κ1) is 16.3. The van der Waals surface area contributed by atoms with E-state index in [2.05, 4.69) is 0 Å². The molecule has 1 N–H and O–H groups in total. The summed E-state index contributed by atoms with van der Waals surface area (Å²) in [6.45, 7) is 3.69. The first-order valence-electron chi connectivity index (χ1n) is 6.19. The second kappa shape index (κ2) is 6.64. The van der Waals surface area contributed by atoms with Crippen molar-refractivity contribution in [2.45, 2.75) is 26.3 Å². The van der Waals surface area contributed by atoms with Crippen LogP contribution in [0.5, 0.6) is 0 Å². The third-order valence-corrected chi connectivity index (χ3v) is 3.02. The molecule has 114 valence electrons. The van der Waals surface area contributed by atoms with E-state index in [4.69, 9.17) is 5.11 Å². The molecule has 0 aliphatic heterocycles. The minimum Gasteiger partial charge on any atom is -0.481 e. The maximum absolute atomic E-state index is 11.1. The number of nitrogens with zero attached hydrogens (tertiary/aromatic N) is 3. The highest BCUT2D eigenvalue weighted by Crippen LogP contribution is 2.33. The van der Waals surface area contributed by atoms with E-state index in [1.54, 1.807) is 13.8 Å². The van der Waals surface area contributed by atoms with Gasteiger partial charge >= 0.3 is 5.97 Å². The van der Waals surface area contributed by atoms with Gasteiger partial charge in [0.15, 0.2) is 0 Å². The van der Waals surface area contributed by atoms with E-state index in [1.165, 1.54) is 17.0 Å². The monoisotopic (exact) mass is 297 g/mol. The Bertz CT molecular complexity index is 574. The van der Waals surface area contributed by atoms with Gasteiger partial charge < -0.3 is 10.0 Å². The molecule has 0 saturated carbocycles. The summed E-state index contributed by atoms with van der Waals surface area (Å²) in [7, 11) is 0. The summed E-state index contributed by atoms with van der Waals surface area (Å²) in [5.41, 5.74) is -0.627. The molecular weight excluding hydrogens is 282 g/mol. The number of rotatable bonds is 7. The van der Waals surface area contributed by atoms with Gasteiger partial charge in [-0.2, -0.15) is 0 Å². The Labute approximate surface area is 120 Å². The molecule has 0 radical (unpaired) electrons. The molecule has 0 spiro atoms. The highest BCUT2D eigenvalue weighted by Gasteiger charge is 2.26. The number of nitro groups is 2. The average molecular weight is 297 g/mol. The Kier molecular flexibility index (Phi) is 5.17. The summed E-state index contributed by atoms with van der Waals surface area (Å²) >= 11 is 0. The van der Waals surface area contributed by atoms with Crippen LogP contribution in [0.1, 0.15) is 20.3 Å².